The summed E-state index contributed by atoms with van der Waals surface area (Å²) in [6.07, 6.45) is 3.54. The third-order valence-electron chi connectivity index (χ3n) is 1.57. The molecule has 2 N–H and O–H groups in total. The minimum Gasteiger partial charge on any atom is -0.478 e. The van der Waals surface area contributed by atoms with Crippen LogP contribution in [-0.2, 0) is 4.79 Å². The van der Waals surface area contributed by atoms with Gasteiger partial charge in [0.15, 0.2) is 0 Å². The van der Waals surface area contributed by atoms with E-state index in [-0.39, 0.29) is 5.54 Å². The Labute approximate surface area is 67.1 Å². The molecule has 0 saturated carbocycles. The molecule has 0 atom stereocenters. The maximum absolute atomic E-state index is 10.1. The molecule has 0 saturated heterocycles. The van der Waals surface area contributed by atoms with Gasteiger partial charge in [-0.2, -0.15) is 0 Å². The molecule has 0 rings (SSSR count). The Balaban J connectivity index is 3.78. The van der Waals surface area contributed by atoms with Crippen molar-refractivity contribution >= 4 is 5.97 Å². The van der Waals surface area contributed by atoms with Crippen LogP contribution in [0.25, 0.3) is 0 Å². The zero-order valence-corrected chi connectivity index (χ0v) is 7.22. The van der Waals surface area contributed by atoms with Gasteiger partial charge in [0.25, 0.3) is 0 Å². The first-order valence-electron chi connectivity index (χ1n) is 3.56. The van der Waals surface area contributed by atoms with Crippen LogP contribution >= 0.6 is 0 Å². The number of rotatable bonds is 4. The van der Waals surface area contributed by atoms with Crippen LogP contribution in [0.5, 0.6) is 0 Å². The number of carboxylic acid groups (broad SMARTS) is 1. The molecular weight excluding hydrogens is 142 g/mol. The SMILES string of the molecule is CNC(C)(C)C/C=C/C(=O)O. The molecule has 0 radical (unpaired) electrons. The molecule has 0 aliphatic carbocycles. The van der Waals surface area contributed by atoms with Crippen LogP contribution in [0.3, 0.4) is 0 Å². The van der Waals surface area contributed by atoms with Gasteiger partial charge in [-0.1, -0.05) is 6.08 Å². The summed E-state index contributed by atoms with van der Waals surface area (Å²) in [7, 11) is 1.86. The second kappa shape index (κ2) is 4.13. The molecule has 0 spiro atoms. The minimum atomic E-state index is -0.892. The Hall–Kier alpha value is -0.830. The molecule has 0 aliphatic heterocycles. The minimum absolute atomic E-state index is 0.0219. The third-order valence-corrected chi connectivity index (χ3v) is 1.57. The molecule has 0 aromatic rings. The van der Waals surface area contributed by atoms with Gasteiger partial charge in [0.1, 0.15) is 0 Å². The van der Waals surface area contributed by atoms with Crippen LogP contribution in [0.4, 0.5) is 0 Å². The van der Waals surface area contributed by atoms with Crippen molar-refractivity contribution in [2.24, 2.45) is 0 Å². The van der Waals surface area contributed by atoms with Gasteiger partial charge < -0.3 is 10.4 Å². The average Bonchev–Trinajstić information content (AvgIpc) is 1.87. The van der Waals surface area contributed by atoms with Gasteiger partial charge in [-0.3, -0.25) is 0 Å². The predicted molar refractivity (Wildman–Crippen MR) is 44.5 cm³/mol. The molecule has 0 aliphatic rings. The maximum atomic E-state index is 10.1. The maximum Gasteiger partial charge on any atom is 0.327 e. The van der Waals surface area contributed by atoms with E-state index in [0.717, 1.165) is 6.42 Å². The molecule has 0 unspecified atom stereocenters. The van der Waals surface area contributed by atoms with E-state index in [1.807, 2.05) is 20.9 Å². The highest BCUT2D eigenvalue weighted by Gasteiger charge is 2.11. The van der Waals surface area contributed by atoms with Gasteiger partial charge in [-0.05, 0) is 27.3 Å². The molecular formula is C8H15NO2. The highest BCUT2D eigenvalue weighted by atomic mass is 16.4. The van der Waals surface area contributed by atoms with E-state index in [9.17, 15) is 4.79 Å². The van der Waals surface area contributed by atoms with Crippen LogP contribution in [0.2, 0.25) is 0 Å². The van der Waals surface area contributed by atoms with Crippen molar-refractivity contribution < 1.29 is 9.90 Å². The molecule has 0 aromatic heterocycles. The molecule has 11 heavy (non-hydrogen) atoms. The van der Waals surface area contributed by atoms with Crippen molar-refractivity contribution in [2.45, 2.75) is 25.8 Å². The van der Waals surface area contributed by atoms with E-state index in [4.69, 9.17) is 5.11 Å². The fourth-order valence-corrected chi connectivity index (χ4v) is 0.556. The van der Waals surface area contributed by atoms with Gasteiger partial charge in [-0.15, -0.1) is 0 Å². The zero-order valence-electron chi connectivity index (χ0n) is 7.22. The highest BCUT2D eigenvalue weighted by Crippen LogP contribution is 2.07. The van der Waals surface area contributed by atoms with E-state index >= 15 is 0 Å². The average molecular weight is 157 g/mol. The topological polar surface area (TPSA) is 49.3 Å². The fraction of sp³-hybridized carbons (Fsp3) is 0.625. The molecule has 3 heteroatoms. The normalized spacial score (nSPS) is 12.3. The Morgan fingerprint density at radius 1 is 1.64 bits per heavy atom. The van der Waals surface area contributed by atoms with Crippen LogP contribution in [-0.4, -0.2) is 23.7 Å². The van der Waals surface area contributed by atoms with Crippen LogP contribution < -0.4 is 5.32 Å². The second-order valence-corrected chi connectivity index (χ2v) is 3.08. The Bertz CT molecular complexity index is 161. The monoisotopic (exact) mass is 157 g/mol. The summed E-state index contributed by atoms with van der Waals surface area (Å²) in [4.78, 5) is 10.1. The first kappa shape index (κ1) is 10.2. The van der Waals surface area contributed by atoms with Crippen molar-refractivity contribution in [1.82, 2.24) is 5.32 Å². The van der Waals surface area contributed by atoms with Gasteiger partial charge in [0.05, 0.1) is 0 Å². The third kappa shape index (κ3) is 5.61. The lowest BCUT2D eigenvalue weighted by molar-refractivity contribution is -0.131. The van der Waals surface area contributed by atoms with E-state index < -0.39 is 5.97 Å². The lowest BCUT2D eigenvalue weighted by Gasteiger charge is -2.21. The van der Waals surface area contributed by atoms with Crippen molar-refractivity contribution in [3.63, 3.8) is 0 Å². The number of nitrogens with one attached hydrogen (secondary N) is 1. The molecule has 0 bridgehead atoms. The van der Waals surface area contributed by atoms with Crippen LogP contribution in [0.1, 0.15) is 20.3 Å². The number of aliphatic carboxylic acids is 1. The molecule has 64 valence electrons. The van der Waals surface area contributed by atoms with Gasteiger partial charge in [-0.25, -0.2) is 4.79 Å². The van der Waals surface area contributed by atoms with E-state index in [0.29, 0.717) is 0 Å². The molecule has 0 aromatic carbocycles. The first-order valence-corrected chi connectivity index (χ1v) is 3.56. The largest absolute Gasteiger partial charge is 0.478 e. The quantitative estimate of drug-likeness (QED) is 0.599. The van der Waals surface area contributed by atoms with Gasteiger partial charge >= 0.3 is 5.97 Å². The summed E-state index contributed by atoms with van der Waals surface area (Å²) in [6, 6.07) is 0. The highest BCUT2D eigenvalue weighted by molar-refractivity contribution is 5.79. The van der Waals surface area contributed by atoms with Gasteiger partial charge in [0.2, 0.25) is 0 Å². The summed E-state index contributed by atoms with van der Waals surface area (Å²) in [6.45, 7) is 4.03. The first-order chi connectivity index (χ1) is 4.98. The summed E-state index contributed by atoms with van der Waals surface area (Å²) < 4.78 is 0. The molecule has 0 heterocycles. The lowest BCUT2D eigenvalue weighted by Crippen LogP contribution is -2.35. The number of carboxylic acids is 1. The van der Waals surface area contributed by atoms with Crippen molar-refractivity contribution in [3.05, 3.63) is 12.2 Å². The second-order valence-electron chi connectivity index (χ2n) is 3.08. The molecule has 3 nitrogen and oxygen atoms in total. The van der Waals surface area contributed by atoms with Gasteiger partial charge in [0, 0.05) is 11.6 Å². The van der Waals surface area contributed by atoms with Crippen LogP contribution in [0.15, 0.2) is 12.2 Å². The summed E-state index contributed by atoms with van der Waals surface area (Å²) in [5.41, 5.74) is -0.0219. The Morgan fingerprint density at radius 2 is 2.18 bits per heavy atom. The predicted octanol–water partition coefficient (Wildman–Crippen LogP) is 1.02. The zero-order chi connectivity index (χ0) is 8.91. The van der Waals surface area contributed by atoms with Crippen molar-refractivity contribution in [2.75, 3.05) is 7.05 Å². The number of hydrogen-bond acceptors (Lipinski definition) is 2. The lowest BCUT2D eigenvalue weighted by atomic mass is 10.0. The fourth-order valence-electron chi connectivity index (χ4n) is 0.556. The van der Waals surface area contributed by atoms with Crippen LogP contribution in [0, 0.1) is 0 Å². The summed E-state index contributed by atoms with van der Waals surface area (Å²) in [5.74, 6) is -0.892. The van der Waals surface area contributed by atoms with E-state index in [1.54, 1.807) is 6.08 Å². The number of carbonyl (C=O) groups is 1. The van der Waals surface area contributed by atoms with Crippen molar-refractivity contribution in [3.8, 4) is 0 Å². The molecule has 0 amide bonds. The van der Waals surface area contributed by atoms with Crippen molar-refractivity contribution in [1.29, 1.82) is 0 Å². The number of hydrogen-bond donors (Lipinski definition) is 2. The van der Waals surface area contributed by atoms with E-state index in [1.165, 1.54) is 6.08 Å². The molecule has 0 fully saturated rings. The Kier molecular flexibility index (Phi) is 3.82. The standard InChI is InChI=1S/C8H15NO2/c1-8(2,9-3)6-4-5-7(10)11/h4-5,9H,6H2,1-3H3,(H,10,11)/b5-4+. The smallest absolute Gasteiger partial charge is 0.327 e. The van der Waals surface area contributed by atoms with E-state index in [2.05, 4.69) is 5.32 Å². The Morgan fingerprint density at radius 3 is 2.55 bits per heavy atom. The summed E-state index contributed by atoms with van der Waals surface area (Å²) in [5, 5.41) is 11.3. The summed E-state index contributed by atoms with van der Waals surface area (Å²) >= 11 is 0.